The van der Waals surface area contributed by atoms with Crippen LogP contribution in [0.15, 0.2) is 28.7 Å². The van der Waals surface area contributed by atoms with Crippen LogP contribution >= 0.6 is 15.9 Å². The van der Waals surface area contributed by atoms with E-state index in [9.17, 15) is 5.11 Å². The summed E-state index contributed by atoms with van der Waals surface area (Å²) in [6, 6.07) is 8.48. The monoisotopic (exact) mass is 311 g/mol. The van der Waals surface area contributed by atoms with Gasteiger partial charge in [0.25, 0.3) is 0 Å². The van der Waals surface area contributed by atoms with E-state index in [2.05, 4.69) is 58.9 Å². The molecule has 1 aliphatic heterocycles. The van der Waals surface area contributed by atoms with Crippen molar-refractivity contribution in [2.24, 2.45) is 11.3 Å². The molecular formula is C15H22BrNO. The molecule has 1 N–H and O–H groups in total. The molecule has 0 aliphatic carbocycles. The molecule has 1 saturated heterocycles. The van der Waals surface area contributed by atoms with Gasteiger partial charge in [0.2, 0.25) is 0 Å². The normalized spacial score (nSPS) is 23.1. The molecule has 2 rings (SSSR count). The minimum atomic E-state index is 0.292. The Balaban J connectivity index is 2.13. The molecule has 0 bridgehead atoms. The van der Waals surface area contributed by atoms with E-state index in [-0.39, 0.29) is 0 Å². The maximum absolute atomic E-state index is 9.23. The van der Waals surface area contributed by atoms with Crippen LogP contribution in [-0.2, 0) is 0 Å². The maximum atomic E-state index is 9.23. The van der Waals surface area contributed by atoms with Crippen LogP contribution in [0.25, 0.3) is 0 Å². The van der Waals surface area contributed by atoms with Gasteiger partial charge in [-0.05, 0) is 42.4 Å². The zero-order valence-electron chi connectivity index (χ0n) is 11.2. The lowest BCUT2D eigenvalue weighted by molar-refractivity contribution is 0.132. The molecule has 1 aromatic carbocycles. The summed E-state index contributed by atoms with van der Waals surface area (Å²) < 4.78 is 1.13. The number of hydrogen-bond donors (Lipinski definition) is 1. The highest BCUT2D eigenvalue weighted by molar-refractivity contribution is 9.10. The predicted molar refractivity (Wildman–Crippen MR) is 79.9 cm³/mol. The molecule has 3 heteroatoms. The van der Waals surface area contributed by atoms with Crippen molar-refractivity contribution in [1.82, 2.24) is 0 Å². The van der Waals surface area contributed by atoms with E-state index in [4.69, 9.17) is 0 Å². The van der Waals surface area contributed by atoms with E-state index in [0.717, 1.165) is 24.0 Å². The van der Waals surface area contributed by atoms with Crippen LogP contribution in [-0.4, -0.2) is 24.8 Å². The van der Waals surface area contributed by atoms with Crippen molar-refractivity contribution in [2.45, 2.75) is 26.7 Å². The van der Waals surface area contributed by atoms with Gasteiger partial charge in [-0.3, -0.25) is 0 Å². The fourth-order valence-electron chi connectivity index (χ4n) is 2.78. The molecule has 1 fully saturated rings. The molecule has 1 unspecified atom stereocenters. The summed E-state index contributed by atoms with van der Waals surface area (Å²) in [6.45, 7) is 7.09. The fraction of sp³-hybridized carbons (Fsp3) is 0.600. The maximum Gasteiger partial charge on any atom is 0.0434 e. The summed E-state index contributed by atoms with van der Waals surface area (Å²) in [4.78, 5) is 2.44. The number of aliphatic hydroxyl groups is 1. The highest BCUT2D eigenvalue weighted by Gasteiger charge is 2.34. The minimum absolute atomic E-state index is 0.292. The average molecular weight is 312 g/mol. The van der Waals surface area contributed by atoms with Gasteiger partial charge in [0.15, 0.2) is 0 Å². The van der Waals surface area contributed by atoms with Crippen LogP contribution < -0.4 is 4.90 Å². The Bertz CT molecular complexity index is 405. The summed E-state index contributed by atoms with van der Waals surface area (Å²) in [6.07, 6.45) is 2.09. The lowest BCUT2D eigenvalue weighted by atomic mass is 9.72. The number of hydrogen-bond acceptors (Lipinski definition) is 2. The van der Waals surface area contributed by atoms with Crippen LogP contribution in [0.1, 0.15) is 26.7 Å². The largest absolute Gasteiger partial charge is 0.396 e. The van der Waals surface area contributed by atoms with Crippen molar-refractivity contribution in [2.75, 3.05) is 24.6 Å². The van der Waals surface area contributed by atoms with Gasteiger partial charge in [0, 0.05) is 29.9 Å². The van der Waals surface area contributed by atoms with Gasteiger partial charge in [-0.1, -0.05) is 35.8 Å². The van der Waals surface area contributed by atoms with Gasteiger partial charge in [-0.15, -0.1) is 0 Å². The van der Waals surface area contributed by atoms with Gasteiger partial charge in [0.1, 0.15) is 0 Å². The zero-order valence-corrected chi connectivity index (χ0v) is 12.8. The molecule has 1 aromatic rings. The van der Waals surface area contributed by atoms with Crippen molar-refractivity contribution in [3.63, 3.8) is 0 Å². The van der Waals surface area contributed by atoms with Crippen molar-refractivity contribution < 1.29 is 5.11 Å². The van der Waals surface area contributed by atoms with Crippen LogP contribution in [0, 0.1) is 11.3 Å². The average Bonchev–Trinajstić information content (AvgIpc) is 2.32. The molecule has 1 heterocycles. The second kappa shape index (κ2) is 5.62. The van der Waals surface area contributed by atoms with Gasteiger partial charge >= 0.3 is 0 Å². The third-order valence-electron chi connectivity index (χ3n) is 4.22. The Morgan fingerprint density at radius 1 is 1.44 bits per heavy atom. The van der Waals surface area contributed by atoms with E-state index in [1.807, 2.05) is 0 Å². The second-order valence-electron chi connectivity index (χ2n) is 5.87. The van der Waals surface area contributed by atoms with E-state index in [1.54, 1.807) is 0 Å². The zero-order chi connectivity index (χ0) is 13.2. The number of piperidine rings is 1. The first-order valence-corrected chi connectivity index (χ1v) is 7.43. The molecule has 0 aromatic heterocycles. The second-order valence-corrected chi connectivity index (χ2v) is 6.79. The number of anilines is 1. The molecule has 0 saturated carbocycles. The predicted octanol–water partition coefficient (Wildman–Crippen LogP) is 3.68. The van der Waals surface area contributed by atoms with E-state index < -0.39 is 0 Å². The molecule has 2 nitrogen and oxygen atoms in total. The SMILES string of the molecule is CC1(C)CCN(c2cccc(Br)c2)CC1CCO. The summed E-state index contributed by atoms with van der Waals surface area (Å²) in [5, 5.41) is 9.23. The quantitative estimate of drug-likeness (QED) is 0.920. The Labute approximate surface area is 118 Å². The molecule has 0 radical (unpaired) electrons. The molecule has 1 aliphatic rings. The topological polar surface area (TPSA) is 23.5 Å². The first-order chi connectivity index (χ1) is 8.53. The number of nitrogens with zero attached hydrogens (tertiary/aromatic N) is 1. The third kappa shape index (κ3) is 3.07. The Hall–Kier alpha value is -0.540. The first-order valence-electron chi connectivity index (χ1n) is 6.64. The van der Waals surface area contributed by atoms with Crippen molar-refractivity contribution in [1.29, 1.82) is 0 Å². The van der Waals surface area contributed by atoms with Crippen LogP contribution in [0.4, 0.5) is 5.69 Å². The van der Waals surface area contributed by atoms with Crippen molar-refractivity contribution in [3.05, 3.63) is 28.7 Å². The first kappa shape index (κ1) is 13.9. The summed E-state index contributed by atoms with van der Waals surface area (Å²) in [5.74, 6) is 0.565. The molecule has 18 heavy (non-hydrogen) atoms. The van der Waals surface area contributed by atoms with Crippen molar-refractivity contribution in [3.8, 4) is 0 Å². The minimum Gasteiger partial charge on any atom is -0.396 e. The van der Waals surface area contributed by atoms with Crippen LogP contribution in [0.5, 0.6) is 0 Å². The number of aliphatic hydroxyl groups excluding tert-OH is 1. The molecule has 1 atom stereocenters. The lowest BCUT2D eigenvalue weighted by Crippen LogP contribution is -2.45. The Kier molecular flexibility index (Phi) is 4.33. The van der Waals surface area contributed by atoms with Crippen LogP contribution in [0.3, 0.4) is 0 Å². The highest BCUT2D eigenvalue weighted by atomic mass is 79.9. The lowest BCUT2D eigenvalue weighted by Gasteiger charge is -2.45. The van der Waals surface area contributed by atoms with Gasteiger partial charge in [-0.2, -0.15) is 0 Å². The van der Waals surface area contributed by atoms with Crippen molar-refractivity contribution >= 4 is 21.6 Å². The molecule has 0 spiro atoms. The summed E-state index contributed by atoms with van der Waals surface area (Å²) in [5.41, 5.74) is 1.62. The number of rotatable bonds is 3. The van der Waals surface area contributed by atoms with E-state index in [1.165, 1.54) is 12.1 Å². The van der Waals surface area contributed by atoms with Gasteiger partial charge < -0.3 is 10.0 Å². The van der Waals surface area contributed by atoms with E-state index >= 15 is 0 Å². The van der Waals surface area contributed by atoms with Crippen LogP contribution in [0.2, 0.25) is 0 Å². The molecular weight excluding hydrogens is 290 g/mol. The summed E-state index contributed by atoms with van der Waals surface area (Å²) in [7, 11) is 0. The standard InChI is InChI=1S/C15H22BrNO/c1-15(2)7-8-17(11-12(15)6-9-18)14-5-3-4-13(16)10-14/h3-5,10,12,18H,6-9,11H2,1-2H3. The third-order valence-corrected chi connectivity index (χ3v) is 4.72. The summed E-state index contributed by atoms with van der Waals surface area (Å²) >= 11 is 3.53. The fourth-order valence-corrected chi connectivity index (χ4v) is 3.16. The number of benzene rings is 1. The smallest absolute Gasteiger partial charge is 0.0434 e. The Morgan fingerprint density at radius 3 is 2.89 bits per heavy atom. The van der Waals surface area contributed by atoms with E-state index in [0.29, 0.717) is 17.9 Å². The molecule has 0 amide bonds. The van der Waals surface area contributed by atoms with Gasteiger partial charge in [-0.25, -0.2) is 0 Å². The number of halogens is 1. The Morgan fingerprint density at radius 2 is 2.22 bits per heavy atom. The highest BCUT2D eigenvalue weighted by Crippen LogP contribution is 2.39. The molecule has 100 valence electrons. The van der Waals surface area contributed by atoms with Gasteiger partial charge in [0.05, 0.1) is 0 Å².